The second-order valence-electron chi connectivity index (χ2n) is 3.91. The summed E-state index contributed by atoms with van der Waals surface area (Å²) in [4.78, 5) is 9.01. The minimum absolute atomic E-state index is 0.0987. The first-order chi connectivity index (χ1) is 8.35. The van der Waals surface area contributed by atoms with E-state index in [0.717, 1.165) is 35.4 Å². The Morgan fingerprint density at radius 3 is 2.82 bits per heavy atom. The van der Waals surface area contributed by atoms with E-state index in [9.17, 15) is 0 Å². The Bertz CT molecular complexity index is 499. The fourth-order valence-electron chi connectivity index (χ4n) is 1.77. The number of aliphatic hydroxyl groups is 1. The number of aryl methyl sites for hydroxylation is 1. The molecule has 0 aliphatic heterocycles. The van der Waals surface area contributed by atoms with Gasteiger partial charge in [-0.05, 0) is 18.6 Å². The number of aromatic nitrogens is 2. The van der Waals surface area contributed by atoms with Crippen molar-refractivity contribution in [1.29, 1.82) is 0 Å². The van der Waals surface area contributed by atoms with Crippen LogP contribution in [0.15, 0.2) is 24.3 Å². The van der Waals surface area contributed by atoms with Gasteiger partial charge >= 0.3 is 0 Å². The van der Waals surface area contributed by atoms with Crippen molar-refractivity contribution in [3.05, 3.63) is 30.1 Å². The highest BCUT2D eigenvalue weighted by molar-refractivity contribution is 5.88. The van der Waals surface area contributed by atoms with E-state index in [1.165, 1.54) is 0 Å². The molecule has 1 heterocycles. The Kier molecular flexibility index (Phi) is 3.88. The third kappa shape index (κ3) is 2.71. The summed E-state index contributed by atoms with van der Waals surface area (Å²) in [6, 6.07) is 7.92. The summed E-state index contributed by atoms with van der Waals surface area (Å²) in [6.07, 6.45) is 1.90. The largest absolute Gasteiger partial charge is 0.395 e. The van der Waals surface area contributed by atoms with Crippen molar-refractivity contribution in [2.75, 3.05) is 18.5 Å². The van der Waals surface area contributed by atoms with Crippen molar-refractivity contribution in [3.8, 4) is 0 Å². The summed E-state index contributed by atoms with van der Waals surface area (Å²) in [6.45, 7) is 2.72. The number of nitrogens with one attached hydrogen (secondary N) is 1. The highest BCUT2D eigenvalue weighted by atomic mass is 16.3. The SMILES string of the molecule is CCCc1nc(NCCO)c2ccccc2n1. The number of hydrogen-bond donors (Lipinski definition) is 2. The van der Waals surface area contributed by atoms with Crippen LogP contribution in [-0.2, 0) is 6.42 Å². The standard InChI is InChI=1S/C13H17N3O/c1-2-5-12-15-11-7-4-3-6-10(11)13(16-12)14-8-9-17/h3-4,6-7,17H,2,5,8-9H2,1H3,(H,14,15,16). The van der Waals surface area contributed by atoms with Crippen LogP contribution < -0.4 is 5.32 Å². The summed E-state index contributed by atoms with van der Waals surface area (Å²) in [5.41, 5.74) is 0.950. The molecular formula is C13H17N3O. The van der Waals surface area contributed by atoms with Gasteiger partial charge in [0.15, 0.2) is 0 Å². The lowest BCUT2D eigenvalue weighted by molar-refractivity contribution is 0.311. The number of hydrogen-bond acceptors (Lipinski definition) is 4. The van der Waals surface area contributed by atoms with E-state index < -0.39 is 0 Å². The van der Waals surface area contributed by atoms with E-state index in [1.54, 1.807) is 0 Å². The molecule has 4 heteroatoms. The molecule has 2 aromatic rings. The lowest BCUT2D eigenvalue weighted by atomic mass is 10.2. The molecule has 0 fully saturated rings. The van der Waals surface area contributed by atoms with Gasteiger partial charge in [-0.15, -0.1) is 0 Å². The minimum Gasteiger partial charge on any atom is -0.395 e. The van der Waals surface area contributed by atoms with Gasteiger partial charge in [0.25, 0.3) is 0 Å². The summed E-state index contributed by atoms with van der Waals surface area (Å²) in [5, 5.41) is 13.0. The Morgan fingerprint density at radius 1 is 1.24 bits per heavy atom. The average Bonchev–Trinajstić information content (AvgIpc) is 2.36. The zero-order valence-corrected chi connectivity index (χ0v) is 9.98. The molecule has 0 saturated heterocycles. The Balaban J connectivity index is 2.45. The van der Waals surface area contributed by atoms with Crippen LogP contribution in [-0.4, -0.2) is 28.2 Å². The molecule has 1 aromatic carbocycles. The zero-order valence-electron chi connectivity index (χ0n) is 9.98. The third-order valence-electron chi connectivity index (χ3n) is 2.53. The maximum atomic E-state index is 8.87. The van der Waals surface area contributed by atoms with E-state index >= 15 is 0 Å². The predicted molar refractivity (Wildman–Crippen MR) is 69.1 cm³/mol. The van der Waals surface area contributed by atoms with E-state index in [1.807, 2.05) is 24.3 Å². The maximum Gasteiger partial charge on any atom is 0.137 e. The lowest BCUT2D eigenvalue weighted by Crippen LogP contribution is -2.09. The van der Waals surface area contributed by atoms with Crippen LogP contribution in [0.1, 0.15) is 19.2 Å². The molecule has 2 rings (SSSR count). The molecule has 0 saturated carbocycles. The number of anilines is 1. The van der Waals surface area contributed by atoms with Gasteiger partial charge in [0.05, 0.1) is 12.1 Å². The molecule has 0 aliphatic carbocycles. The molecule has 0 aliphatic rings. The summed E-state index contributed by atoms with van der Waals surface area (Å²) < 4.78 is 0. The van der Waals surface area contributed by atoms with Crippen molar-refractivity contribution < 1.29 is 5.11 Å². The molecule has 2 N–H and O–H groups in total. The summed E-state index contributed by atoms with van der Waals surface area (Å²) in [7, 11) is 0. The highest BCUT2D eigenvalue weighted by Gasteiger charge is 2.06. The van der Waals surface area contributed by atoms with Crippen LogP contribution in [0.3, 0.4) is 0 Å². The van der Waals surface area contributed by atoms with Gasteiger partial charge in [0, 0.05) is 18.4 Å². The van der Waals surface area contributed by atoms with Crippen LogP contribution in [0.2, 0.25) is 0 Å². The van der Waals surface area contributed by atoms with Gasteiger partial charge in [0.2, 0.25) is 0 Å². The first-order valence-electron chi connectivity index (χ1n) is 5.95. The van der Waals surface area contributed by atoms with E-state index in [0.29, 0.717) is 6.54 Å². The number of benzene rings is 1. The molecule has 17 heavy (non-hydrogen) atoms. The van der Waals surface area contributed by atoms with Crippen molar-refractivity contribution in [3.63, 3.8) is 0 Å². The predicted octanol–water partition coefficient (Wildman–Crippen LogP) is 1.99. The van der Waals surface area contributed by atoms with Crippen LogP contribution in [0.5, 0.6) is 0 Å². The maximum absolute atomic E-state index is 8.87. The average molecular weight is 231 g/mol. The molecule has 0 unspecified atom stereocenters. The van der Waals surface area contributed by atoms with E-state index in [2.05, 4.69) is 22.2 Å². The monoisotopic (exact) mass is 231 g/mol. The fourth-order valence-corrected chi connectivity index (χ4v) is 1.77. The first kappa shape index (κ1) is 11.8. The van der Waals surface area contributed by atoms with Gasteiger partial charge in [-0.3, -0.25) is 0 Å². The number of fused-ring (bicyclic) bond motifs is 1. The van der Waals surface area contributed by atoms with Crippen LogP contribution in [0, 0.1) is 0 Å². The first-order valence-corrected chi connectivity index (χ1v) is 5.95. The summed E-state index contributed by atoms with van der Waals surface area (Å²) in [5.74, 6) is 1.67. The number of nitrogens with zero attached hydrogens (tertiary/aromatic N) is 2. The van der Waals surface area contributed by atoms with Crippen molar-refractivity contribution in [1.82, 2.24) is 9.97 Å². The van der Waals surface area contributed by atoms with Crippen LogP contribution >= 0.6 is 0 Å². The van der Waals surface area contributed by atoms with Gasteiger partial charge in [0.1, 0.15) is 11.6 Å². The molecule has 4 nitrogen and oxygen atoms in total. The van der Waals surface area contributed by atoms with Crippen molar-refractivity contribution in [2.45, 2.75) is 19.8 Å². The number of rotatable bonds is 5. The van der Waals surface area contributed by atoms with Gasteiger partial charge < -0.3 is 10.4 Å². The highest BCUT2D eigenvalue weighted by Crippen LogP contribution is 2.20. The molecule has 0 amide bonds. The molecule has 90 valence electrons. The molecule has 0 spiro atoms. The normalized spacial score (nSPS) is 10.7. The topological polar surface area (TPSA) is 58.0 Å². The lowest BCUT2D eigenvalue weighted by Gasteiger charge is -2.09. The van der Waals surface area contributed by atoms with Gasteiger partial charge in [-0.25, -0.2) is 9.97 Å². The third-order valence-corrected chi connectivity index (χ3v) is 2.53. The number of aliphatic hydroxyl groups excluding tert-OH is 1. The fraction of sp³-hybridized carbons (Fsp3) is 0.385. The molecular weight excluding hydrogens is 214 g/mol. The molecule has 1 aromatic heterocycles. The molecule has 0 radical (unpaired) electrons. The Hall–Kier alpha value is -1.68. The molecule has 0 atom stereocenters. The second-order valence-corrected chi connectivity index (χ2v) is 3.91. The molecule has 0 bridgehead atoms. The zero-order chi connectivity index (χ0) is 12.1. The quantitative estimate of drug-likeness (QED) is 0.826. The van der Waals surface area contributed by atoms with Crippen molar-refractivity contribution >= 4 is 16.7 Å². The minimum atomic E-state index is 0.0987. The van der Waals surface area contributed by atoms with E-state index in [-0.39, 0.29) is 6.61 Å². The Labute approximate surface area is 101 Å². The van der Waals surface area contributed by atoms with Crippen molar-refractivity contribution in [2.24, 2.45) is 0 Å². The van der Waals surface area contributed by atoms with E-state index in [4.69, 9.17) is 5.11 Å². The Morgan fingerprint density at radius 2 is 2.06 bits per heavy atom. The number of para-hydroxylation sites is 1. The van der Waals surface area contributed by atoms with Gasteiger partial charge in [-0.2, -0.15) is 0 Å². The summed E-state index contributed by atoms with van der Waals surface area (Å²) >= 11 is 0. The van der Waals surface area contributed by atoms with Gasteiger partial charge in [-0.1, -0.05) is 19.1 Å². The second kappa shape index (κ2) is 5.59. The smallest absolute Gasteiger partial charge is 0.137 e. The van der Waals surface area contributed by atoms with Crippen LogP contribution in [0.25, 0.3) is 10.9 Å². The van der Waals surface area contributed by atoms with Crippen LogP contribution in [0.4, 0.5) is 5.82 Å².